The lowest BCUT2D eigenvalue weighted by Gasteiger charge is -2.19. The molecule has 1 atom stereocenters. The molecule has 186 valence electrons. The van der Waals surface area contributed by atoms with E-state index in [9.17, 15) is 35.5 Å². The number of alkyl halides is 6. The third-order valence-corrected chi connectivity index (χ3v) is 6.72. The third-order valence-electron chi connectivity index (χ3n) is 5.52. The number of halogens is 10. The summed E-state index contributed by atoms with van der Waals surface area (Å²) in [7, 11) is 0. The highest BCUT2D eigenvalue weighted by Gasteiger charge is 2.46. The number of rotatable bonds is 6. The Hall–Kier alpha value is -2.28. The Morgan fingerprint density at radius 1 is 1.06 bits per heavy atom. The Balaban J connectivity index is 2.05. The summed E-state index contributed by atoms with van der Waals surface area (Å²) in [4.78, 5) is 12.4. The maximum Gasteiger partial charge on any atom is 0.417 e. The van der Waals surface area contributed by atoms with Crippen molar-refractivity contribution in [3.8, 4) is 6.07 Å². The fraction of sp³-hybridized carbons (Fsp3) is 0.304. The van der Waals surface area contributed by atoms with Crippen molar-refractivity contribution in [1.82, 2.24) is 0 Å². The summed E-state index contributed by atoms with van der Waals surface area (Å²) in [5.74, 6) is -5.20. The Morgan fingerprint density at radius 2 is 1.63 bits per heavy atom. The topological polar surface area (TPSA) is 40.9 Å². The van der Waals surface area contributed by atoms with E-state index in [-0.39, 0.29) is 27.2 Å². The summed E-state index contributed by atoms with van der Waals surface area (Å²) < 4.78 is 96.9. The lowest BCUT2D eigenvalue weighted by atomic mass is 9.92. The molecule has 0 N–H and O–H groups in total. The second kappa shape index (κ2) is 9.64. The molecule has 0 aliphatic heterocycles. The van der Waals surface area contributed by atoms with E-state index in [1.807, 2.05) is 6.07 Å². The van der Waals surface area contributed by atoms with Gasteiger partial charge < -0.3 is 0 Å². The molecule has 1 aliphatic carbocycles. The predicted octanol–water partition coefficient (Wildman–Crippen LogP) is 9.20. The zero-order valence-corrected chi connectivity index (χ0v) is 19.6. The van der Waals surface area contributed by atoms with Gasteiger partial charge in [0.05, 0.1) is 32.1 Å². The molecular weight excluding hydrogens is 546 g/mol. The summed E-state index contributed by atoms with van der Waals surface area (Å²) >= 11 is 17.3. The highest BCUT2D eigenvalue weighted by molar-refractivity contribution is 6.48. The Labute approximate surface area is 209 Å². The minimum Gasteiger partial charge on any atom is -0.294 e. The quantitative estimate of drug-likeness (QED) is 0.201. The lowest BCUT2D eigenvalue weighted by Crippen LogP contribution is -2.19. The molecule has 1 unspecified atom stereocenters. The number of Topliss-reactive ketones (excluding diaryl/α,β-unsaturated/α-hetero) is 1. The predicted molar refractivity (Wildman–Crippen MR) is 117 cm³/mol. The Bertz CT molecular complexity index is 1220. The number of allylic oxidation sites excluding steroid dienone is 1. The van der Waals surface area contributed by atoms with Crippen LogP contribution in [0.25, 0.3) is 5.83 Å². The van der Waals surface area contributed by atoms with Gasteiger partial charge >= 0.3 is 12.4 Å². The number of hydrogen-bond acceptors (Lipinski definition) is 2. The first kappa shape index (κ1) is 27.3. The Morgan fingerprint density at radius 3 is 2.09 bits per heavy atom. The van der Waals surface area contributed by atoms with Crippen LogP contribution in [0.15, 0.2) is 36.4 Å². The van der Waals surface area contributed by atoms with Gasteiger partial charge in [-0.15, -0.1) is 0 Å². The fourth-order valence-electron chi connectivity index (χ4n) is 3.43. The highest BCUT2D eigenvalue weighted by atomic mass is 35.5. The van der Waals surface area contributed by atoms with Gasteiger partial charge in [0.1, 0.15) is 11.7 Å². The minimum atomic E-state index is -5.11. The van der Waals surface area contributed by atoms with E-state index in [4.69, 9.17) is 40.1 Å². The van der Waals surface area contributed by atoms with Crippen LogP contribution in [0.2, 0.25) is 15.1 Å². The first-order valence-corrected chi connectivity index (χ1v) is 11.0. The molecule has 0 bridgehead atoms. The van der Waals surface area contributed by atoms with Crippen LogP contribution in [-0.2, 0) is 6.18 Å². The first-order valence-electron chi connectivity index (χ1n) is 9.82. The van der Waals surface area contributed by atoms with Crippen LogP contribution in [0.5, 0.6) is 0 Å². The molecule has 0 amide bonds. The maximum atomic E-state index is 14.9. The molecule has 35 heavy (non-hydrogen) atoms. The summed E-state index contributed by atoms with van der Waals surface area (Å²) in [5.41, 5.74) is -4.74. The number of hydrogen-bond donors (Lipinski definition) is 0. The highest BCUT2D eigenvalue weighted by Crippen LogP contribution is 2.49. The molecule has 12 heteroatoms. The average molecular weight is 559 g/mol. The fourth-order valence-corrected chi connectivity index (χ4v) is 4.04. The SMILES string of the molecule is N#CC1(CC(=O)c2ccc(/C(F)=C/C(c3cc(Cl)c(Cl)c(Cl)c3)C(F)(F)F)cc2C(F)(F)F)CC1. The van der Waals surface area contributed by atoms with Gasteiger partial charge in [0.2, 0.25) is 0 Å². The molecule has 1 fully saturated rings. The molecule has 0 heterocycles. The van der Waals surface area contributed by atoms with Crippen LogP contribution in [0.3, 0.4) is 0 Å². The second-order valence-electron chi connectivity index (χ2n) is 8.08. The molecule has 2 nitrogen and oxygen atoms in total. The van der Waals surface area contributed by atoms with Gasteiger partial charge in [-0.1, -0.05) is 46.9 Å². The van der Waals surface area contributed by atoms with Gasteiger partial charge in [0.15, 0.2) is 5.78 Å². The normalized spacial score (nSPS) is 16.5. The monoisotopic (exact) mass is 557 g/mol. The molecular formula is C23H13Cl3F7NO. The second-order valence-corrected chi connectivity index (χ2v) is 9.27. The van der Waals surface area contributed by atoms with Gasteiger partial charge in [0.25, 0.3) is 0 Å². The average Bonchev–Trinajstić information content (AvgIpc) is 3.53. The Kier molecular flexibility index (Phi) is 7.52. The molecule has 2 aromatic rings. The number of carbonyl (C=O) groups excluding carboxylic acids is 1. The van der Waals surface area contributed by atoms with Crippen LogP contribution in [0, 0.1) is 16.7 Å². The first-order chi connectivity index (χ1) is 16.1. The minimum absolute atomic E-state index is 0.0851. The van der Waals surface area contributed by atoms with E-state index >= 15 is 0 Å². The van der Waals surface area contributed by atoms with E-state index in [1.165, 1.54) is 0 Å². The number of benzene rings is 2. The van der Waals surface area contributed by atoms with Crippen molar-refractivity contribution in [1.29, 1.82) is 5.26 Å². The summed E-state index contributed by atoms with van der Waals surface area (Å²) in [6.07, 6.45) is -9.80. The van der Waals surface area contributed by atoms with Crippen LogP contribution in [-0.4, -0.2) is 12.0 Å². The summed E-state index contributed by atoms with van der Waals surface area (Å²) in [6.45, 7) is 0. The van der Waals surface area contributed by atoms with Crippen LogP contribution in [0.4, 0.5) is 30.7 Å². The molecule has 1 aliphatic rings. The molecule has 0 aromatic heterocycles. The summed E-state index contributed by atoms with van der Waals surface area (Å²) in [6, 6.07) is 5.28. The van der Waals surface area contributed by atoms with Crippen molar-refractivity contribution in [2.24, 2.45) is 5.41 Å². The van der Waals surface area contributed by atoms with Gasteiger partial charge in [-0.25, -0.2) is 4.39 Å². The van der Waals surface area contributed by atoms with Crippen molar-refractivity contribution in [3.63, 3.8) is 0 Å². The van der Waals surface area contributed by atoms with E-state index in [2.05, 4.69) is 0 Å². The number of nitriles is 1. The molecule has 3 rings (SSSR count). The summed E-state index contributed by atoms with van der Waals surface area (Å²) in [5, 5.41) is 8.22. The molecule has 0 spiro atoms. The van der Waals surface area contributed by atoms with E-state index in [1.54, 1.807) is 0 Å². The van der Waals surface area contributed by atoms with Crippen molar-refractivity contribution in [3.05, 3.63) is 73.7 Å². The van der Waals surface area contributed by atoms with Crippen molar-refractivity contribution in [2.45, 2.75) is 37.5 Å². The third kappa shape index (κ3) is 6.11. The molecule has 0 radical (unpaired) electrons. The van der Waals surface area contributed by atoms with Crippen LogP contribution in [0.1, 0.15) is 52.2 Å². The van der Waals surface area contributed by atoms with Gasteiger partial charge in [-0.05, 0) is 42.7 Å². The molecule has 1 saturated carbocycles. The smallest absolute Gasteiger partial charge is 0.294 e. The van der Waals surface area contributed by atoms with Crippen molar-refractivity contribution >= 4 is 46.4 Å². The standard InChI is InChI=1S/C23H13Cl3F7NO/c24-16-6-12(7-17(25)20(16)26)14(22(28,29)30)8-18(27)11-1-2-13(15(5-11)23(31,32)33)19(35)9-21(10-34)3-4-21/h1-2,5-8,14H,3-4,9H2/b18-8-. The van der Waals surface area contributed by atoms with Crippen molar-refractivity contribution < 1.29 is 35.5 Å². The van der Waals surface area contributed by atoms with E-state index in [0.29, 0.717) is 18.9 Å². The van der Waals surface area contributed by atoms with Gasteiger partial charge in [-0.2, -0.15) is 31.6 Å². The van der Waals surface area contributed by atoms with E-state index in [0.717, 1.165) is 18.2 Å². The molecule has 2 aromatic carbocycles. The van der Waals surface area contributed by atoms with Gasteiger partial charge in [-0.3, -0.25) is 4.79 Å². The van der Waals surface area contributed by atoms with Crippen molar-refractivity contribution in [2.75, 3.05) is 0 Å². The molecule has 0 saturated heterocycles. The van der Waals surface area contributed by atoms with Gasteiger partial charge in [0, 0.05) is 17.5 Å². The van der Waals surface area contributed by atoms with E-state index < -0.39 is 64.0 Å². The van der Waals surface area contributed by atoms with Crippen LogP contribution >= 0.6 is 34.8 Å². The lowest BCUT2D eigenvalue weighted by molar-refractivity contribution is -0.140. The largest absolute Gasteiger partial charge is 0.417 e. The zero-order valence-electron chi connectivity index (χ0n) is 17.3. The number of carbonyl (C=O) groups is 1. The maximum absolute atomic E-state index is 14.9. The zero-order chi connectivity index (χ0) is 26.3. The van der Waals surface area contributed by atoms with Crippen LogP contribution < -0.4 is 0 Å². The number of ketones is 1. The number of nitrogens with zero attached hydrogens (tertiary/aromatic N) is 1.